The molecular weight excluding hydrogens is 973 g/mol. The van der Waals surface area contributed by atoms with Crippen molar-refractivity contribution >= 4 is 17.9 Å². The van der Waals surface area contributed by atoms with E-state index >= 15 is 0 Å². The van der Waals surface area contributed by atoms with Crippen LogP contribution in [-0.2, 0) is 28.6 Å². The van der Waals surface area contributed by atoms with Crippen LogP contribution in [0.1, 0.15) is 329 Å². The Morgan fingerprint density at radius 2 is 0.506 bits per heavy atom. The summed E-state index contributed by atoms with van der Waals surface area (Å²) in [5.41, 5.74) is 0. The van der Waals surface area contributed by atoms with E-state index in [0.717, 1.165) is 103 Å². The first-order valence-corrected chi connectivity index (χ1v) is 33.7. The standard InChI is InChI=1S/C73H126O6/c1-4-7-10-13-16-19-22-24-26-28-29-30-31-32-33-34-35-36-37-38-39-40-41-42-43-45-46-48-51-54-57-60-63-66-72(75)78-69-70(68-77-71(74)65-62-59-56-53-50-21-18-15-12-9-6-3)79-73(76)67-64-61-58-55-52-49-47-44-27-25-23-20-17-14-11-8-5-2/h7,10,15-16,18-19,24-27,29-30,32-33,35-36,70H,4-6,8-9,11-14,17,20-23,28,31,34,37-69H2,1-3H3/b10-7-,18-15-,19-16-,26-24-,27-25-,30-29-,33-32-,36-35-. The molecule has 0 aliphatic heterocycles. The minimum Gasteiger partial charge on any atom is -0.462 e. The van der Waals surface area contributed by atoms with Gasteiger partial charge in [-0.1, -0.05) is 291 Å². The van der Waals surface area contributed by atoms with Crippen LogP contribution in [0.4, 0.5) is 0 Å². The molecule has 0 aromatic heterocycles. The molecule has 6 nitrogen and oxygen atoms in total. The van der Waals surface area contributed by atoms with Crippen molar-refractivity contribution < 1.29 is 28.6 Å². The summed E-state index contributed by atoms with van der Waals surface area (Å²) in [5, 5.41) is 0. The molecule has 1 unspecified atom stereocenters. The SMILES string of the molecule is CC/C=C\C/C=C\C/C=C\C/C=C\C/C=C\C/C=C\CCCCCCCCCCCCCCCCC(=O)OCC(COC(=O)CCCCCCC/C=C\CCCC)OC(=O)CCCCCCCCC/C=C\CCCCCCCC. The maximum atomic E-state index is 12.9. The Morgan fingerprint density at radius 1 is 0.266 bits per heavy atom. The zero-order valence-electron chi connectivity index (χ0n) is 52.1. The average Bonchev–Trinajstić information content (AvgIpc) is 3.45. The van der Waals surface area contributed by atoms with Gasteiger partial charge < -0.3 is 14.2 Å². The molecule has 0 fully saturated rings. The predicted octanol–water partition coefficient (Wildman–Crippen LogP) is 23.2. The van der Waals surface area contributed by atoms with Crippen molar-refractivity contribution in [3.05, 3.63) is 97.2 Å². The molecule has 0 spiro atoms. The second kappa shape index (κ2) is 66.8. The number of hydrogen-bond acceptors (Lipinski definition) is 6. The number of esters is 3. The molecule has 0 heterocycles. The first-order chi connectivity index (χ1) is 39.0. The lowest BCUT2D eigenvalue weighted by atomic mass is 10.0. The van der Waals surface area contributed by atoms with Gasteiger partial charge in [0.1, 0.15) is 13.2 Å². The minimum atomic E-state index is -0.782. The Labute approximate surface area is 489 Å². The number of rotatable bonds is 61. The maximum Gasteiger partial charge on any atom is 0.306 e. The van der Waals surface area contributed by atoms with E-state index in [0.29, 0.717) is 19.3 Å². The highest BCUT2D eigenvalue weighted by Gasteiger charge is 2.19. The van der Waals surface area contributed by atoms with Crippen LogP contribution < -0.4 is 0 Å². The van der Waals surface area contributed by atoms with Gasteiger partial charge in [-0.15, -0.1) is 0 Å². The van der Waals surface area contributed by atoms with E-state index in [-0.39, 0.29) is 31.1 Å². The smallest absolute Gasteiger partial charge is 0.306 e. The van der Waals surface area contributed by atoms with Crippen molar-refractivity contribution in [2.75, 3.05) is 13.2 Å². The van der Waals surface area contributed by atoms with Crippen molar-refractivity contribution in [3.63, 3.8) is 0 Å². The molecule has 454 valence electrons. The molecule has 0 rings (SSSR count). The first-order valence-electron chi connectivity index (χ1n) is 33.7. The number of carbonyl (C=O) groups excluding carboxylic acids is 3. The first kappa shape index (κ1) is 75.3. The summed E-state index contributed by atoms with van der Waals surface area (Å²) in [6, 6.07) is 0. The summed E-state index contributed by atoms with van der Waals surface area (Å²) in [5.74, 6) is -0.882. The fraction of sp³-hybridized carbons (Fsp3) is 0.740. The van der Waals surface area contributed by atoms with Crippen LogP contribution in [-0.4, -0.2) is 37.2 Å². The summed E-state index contributed by atoms with van der Waals surface area (Å²) in [6.45, 7) is 6.50. The molecule has 0 N–H and O–H groups in total. The largest absolute Gasteiger partial charge is 0.462 e. The molecule has 6 heteroatoms. The fourth-order valence-electron chi connectivity index (χ4n) is 9.48. The minimum absolute atomic E-state index is 0.0793. The van der Waals surface area contributed by atoms with Crippen LogP contribution in [0.2, 0.25) is 0 Å². The molecule has 79 heavy (non-hydrogen) atoms. The van der Waals surface area contributed by atoms with Crippen molar-refractivity contribution in [2.45, 2.75) is 335 Å². The lowest BCUT2D eigenvalue weighted by Crippen LogP contribution is -2.30. The van der Waals surface area contributed by atoms with Gasteiger partial charge in [0.15, 0.2) is 6.10 Å². The number of unbranched alkanes of at least 4 members (excludes halogenated alkanes) is 34. The van der Waals surface area contributed by atoms with Crippen LogP contribution in [0.5, 0.6) is 0 Å². The number of carbonyl (C=O) groups is 3. The van der Waals surface area contributed by atoms with E-state index in [1.165, 1.54) is 186 Å². The van der Waals surface area contributed by atoms with Crippen LogP contribution in [0, 0.1) is 0 Å². The molecule has 0 radical (unpaired) electrons. The van der Waals surface area contributed by atoms with E-state index in [4.69, 9.17) is 14.2 Å². The summed E-state index contributed by atoms with van der Waals surface area (Å²) in [6.07, 6.45) is 90.0. The van der Waals surface area contributed by atoms with Gasteiger partial charge in [-0.2, -0.15) is 0 Å². The zero-order chi connectivity index (χ0) is 57.1. The Balaban J connectivity index is 4.16. The normalized spacial score (nSPS) is 12.7. The van der Waals surface area contributed by atoms with Gasteiger partial charge in [-0.25, -0.2) is 0 Å². The molecule has 0 saturated heterocycles. The highest BCUT2D eigenvalue weighted by molar-refractivity contribution is 5.71. The second-order valence-corrected chi connectivity index (χ2v) is 22.3. The molecule has 0 aromatic carbocycles. The predicted molar refractivity (Wildman–Crippen MR) is 344 cm³/mol. The third kappa shape index (κ3) is 65.0. The van der Waals surface area contributed by atoms with Gasteiger partial charge in [0.05, 0.1) is 0 Å². The molecule has 0 saturated carbocycles. The van der Waals surface area contributed by atoms with Crippen LogP contribution in [0.25, 0.3) is 0 Å². The Morgan fingerprint density at radius 3 is 0.823 bits per heavy atom. The summed E-state index contributed by atoms with van der Waals surface area (Å²) in [7, 11) is 0. The lowest BCUT2D eigenvalue weighted by molar-refractivity contribution is -0.167. The Bertz CT molecular complexity index is 1540. The van der Waals surface area contributed by atoms with Gasteiger partial charge in [-0.3, -0.25) is 14.4 Å². The van der Waals surface area contributed by atoms with Crippen molar-refractivity contribution in [2.24, 2.45) is 0 Å². The Hall–Kier alpha value is -3.67. The molecule has 0 aliphatic carbocycles. The van der Waals surface area contributed by atoms with E-state index in [1.807, 2.05) is 0 Å². The Kier molecular flexibility index (Phi) is 63.7. The van der Waals surface area contributed by atoms with Gasteiger partial charge in [0.25, 0.3) is 0 Å². The summed E-state index contributed by atoms with van der Waals surface area (Å²) in [4.78, 5) is 38.3. The maximum absolute atomic E-state index is 12.9. The topological polar surface area (TPSA) is 78.9 Å². The molecule has 0 amide bonds. The molecule has 0 aliphatic rings. The van der Waals surface area contributed by atoms with E-state index in [1.54, 1.807) is 0 Å². The van der Waals surface area contributed by atoms with Gasteiger partial charge >= 0.3 is 17.9 Å². The molecule has 1 atom stereocenters. The zero-order valence-corrected chi connectivity index (χ0v) is 52.1. The van der Waals surface area contributed by atoms with Crippen molar-refractivity contribution in [1.82, 2.24) is 0 Å². The summed E-state index contributed by atoms with van der Waals surface area (Å²) >= 11 is 0. The van der Waals surface area contributed by atoms with Gasteiger partial charge in [0.2, 0.25) is 0 Å². The summed E-state index contributed by atoms with van der Waals surface area (Å²) < 4.78 is 16.9. The highest BCUT2D eigenvalue weighted by Crippen LogP contribution is 2.17. The quantitative estimate of drug-likeness (QED) is 0.0261. The van der Waals surface area contributed by atoms with Crippen molar-refractivity contribution in [3.8, 4) is 0 Å². The van der Waals surface area contributed by atoms with E-state index in [9.17, 15) is 14.4 Å². The van der Waals surface area contributed by atoms with E-state index < -0.39 is 6.10 Å². The van der Waals surface area contributed by atoms with Crippen LogP contribution in [0.15, 0.2) is 97.2 Å². The number of allylic oxidation sites excluding steroid dienone is 16. The van der Waals surface area contributed by atoms with Crippen LogP contribution in [0.3, 0.4) is 0 Å². The van der Waals surface area contributed by atoms with E-state index in [2.05, 4.69) is 118 Å². The van der Waals surface area contributed by atoms with Crippen LogP contribution >= 0.6 is 0 Å². The van der Waals surface area contributed by atoms with Crippen molar-refractivity contribution in [1.29, 1.82) is 0 Å². The molecular formula is C73H126O6. The highest BCUT2D eigenvalue weighted by atomic mass is 16.6. The third-order valence-electron chi connectivity index (χ3n) is 14.5. The number of hydrogen-bond donors (Lipinski definition) is 0. The fourth-order valence-corrected chi connectivity index (χ4v) is 9.48. The second-order valence-electron chi connectivity index (χ2n) is 22.3. The van der Waals surface area contributed by atoms with Gasteiger partial charge in [0, 0.05) is 19.3 Å². The average molecular weight is 1100 g/mol. The third-order valence-corrected chi connectivity index (χ3v) is 14.5. The monoisotopic (exact) mass is 1100 g/mol. The lowest BCUT2D eigenvalue weighted by Gasteiger charge is -2.18. The molecule has 0 bridgehead atoms. The number of ether oxygens (including phenoxy) is 3. The molecule has 0 aromatic rings. The van der Waals surface area contributed by atoms with Gasteiger partial charge in [-0.05, 0) is 116 Å².